The Balaban J connectivity index is 2.48. The number of aliphatic hydroxyl groups is 1. The van der Waals surface area contributed by atoms with Crippen LogP contribution >= 0.6 is 0 Å². The smallest absolute Gasteiger partial charge is 0.238 e. The van der Waals surface area contributed by atoms with Crippen molar-refractivity contribution in [2.75, 3.05) is 19.6 Å². The maximum Gasteiger partial charge on any atom is 0.238 e. The number of carbonyl (C=O) groups is 1. The molecular weight excluding hydrogens is 168 g/mol. The molecule has 0 bridgehead atoms. The second-order valence-electron chi connectivity index (χ2n) is 3.53. The average molecular weight is 186 g/mol. The highest BCUT2D eigenvalue weighted by atomic mass is 16.3. The molecule has 1 fully saturated rings. The standard InChI is InChI=1S/C9H18N2O2/c1-3-5-11-9(13)4-6-10(11)7-8(2)12/h8,12H,3-7H2,1-2H3. The van der Waals surface area contributed by atoms with E-state index in [1.165, 1.54) is 0 Å². The molecule has 0 aromatic heterocycles. The van der Waals surface area contributed by atoms with Crippen molar-refractivity contribution in [1.29, 1.82) is 0 Å². The third kappa shape index (κ3) is 2.67. The van der Waals surface area contributed by atoms with Gasteiger partial charge in [0.1, 0.15) is 0 Å². The molecule has 0 radical (unpaired) electrons. The molecule has 4 nitrogen and oxygen atoms in total. The number of amides is 1. The average Bonchev–Trinajstić information content (AvgIpc) is 2.35. The second-order valence-corrected chi connectivity index (χ2v) is 3.53. The molecule has 0 spiro atoms. The highest BCUT2D eigenvalue weighted by Crippen LogP contribution is 2.12. The molecule has 1 rings (SSSR count). The molecule has 1 amide bonds. The van der Waals surface area contributed by atoms with Crippen LogP contribution < -0.4 is 0 Å². The first-order valence-electron chi connectivity index (χ1n) is 4.88. The number of carbonyl (C=O) groups excluding carboxylic acids is 1. The van der Waals surface area contributed by atoms with E-state index in [9.17, 15) is 9.90 Å². The summed E-state index contributed by atoms with van der Waals surface area (Å²) in [7, 11) is 0. The molecule has 1 aliphatic heterocycles. The minimum atomic E-state index is -0.370. The number of rotatable bonds is 4. The summed E-state index contributed by atoms with van der Waals surface area (Å²) in [6, 6.07) is 0. The molecule has 1 aliphatic rings. The van der Waals surface area contributed by atoms with Crippen LogP contribution in [-0.2, 0) is 4.79 Å². The van der Waals surface area contributed by atoms with Crippen LogP contribution in [0.25, 0.3) is 0 Å². The summed E-state index contributed by atoms with van der Waals surface area (Å²) in [6.45, 7) is 5.88. The molecule has 13 heavy (non-hydrogen) atoms. The van der Waals surface area contributed by atoms with Gasteiger partial charge in [0.15, 0.2) is 0 Å². The lowest BCUT2D eigenvalue weighted by atomic mass is 10.4. The van der Waals surface area contributed by atoms with E-state index in [-0.39, 0.29) is 12.0 Å². The van der Waals surface area contributed by atoms with Gasteiger partial charge in [-0.05, 0) is 13.3 Å². The Morgan fingerprint density at radius 3 is 2.85 bits per heavy atom. The van der Waals surface area contributed by atoms with Crippen LogP contribution in [-0.4, -0.2) is 46.8 Å². The van der Waals surface area contributed by atoms with Crippen molar-refractivity contribution in [3.8, 4) is 0 Å². The lowest BCUT2D eigenvalue weighted by Gasteiger charge is -2.28. The summed E-state index contributed by atoms with van der Waals surface area (Å²) < 4.78 is 0. The van der Waals surface area contributed by atoms with Crippen molar-refractivity contribution in [2.45, 2.75) is 32.8 Å². The topological polar surface area (TPSA) is 43.8 Å². The third-order valence-corrected chi connectivity index (χ3v) is 2.12. The van der Waals surface area contributed by atoms with E-state index in [4.69, 9.17) is 0 Å². The van der Waals surface area contributed by atoms with Crippen LogP contribution in [0.1, 0.15) is 26.7 Å². The summed E-state index contributed by atoms with van der Waals surface area (Å²) in [6.07, 6.45) is 1.18. The van der Waals surface area contributed by atoms with Crippen molar-refractivity contribution in [1.82, 2.24) is 10.0 Å². The molecule has 0 saturated carbocycles. The zero-order valence-electron chi connectivity index (χ0n) is 8.36. The van der Waals surface area contributed by atoms with E-state index in [0.717, 1.165) is 19.5 Å². The van der Waals surface area contributed by atoms with Gasteiger partial charge >= 0.3 is 0 Å². The number of hydrazine groups is 1. The van der Waals surface area contributed by atoms with Crippen molar-refractivity contribution in [2.24, 2.45) is 0 Å². The Hall–Kier alpha value is -0.610. The van der Waals surface area contributed by atoms with Gasteiger partial charge in [0.2, 0.25) is 5.91 Å². The van der Waals surface area contributed by atoms with Crippen LogP contribution in [0.2, 0.25) is 0 Å². The Bertz CT molecular complexity index is 182. The fraction of sp³-hybridized carbons (Fsp3) is 0.889. The van der Waals surface area contributed by atoms with Gasteiger partial charge in [-0.3, -0.25) is 9.80 Å². The van der Waals surface area contributed by atoms with E-state index in [1.807, 2.05) is 11.9 Å². The molecule has 1 atom stereocenters. The fourth-order valence-corrected chi connectivity index (χ4v) is 1.60. The lowest BCUT2D eigenvalue weighted by molar-refractivity contribution is -0.139. The highest BCUT2D eigenvalue weighted by Gasteiger charge is 2.28. The zero-order chi connectivity index (χ0) is 9.84. The van der Waals surface area contributed by atoms with Gasteiger partial charge in [-0.1, -0.05) is 6.92 Å². The lowest BCUT2D eigenvalue weighted by Crippen LogP contribution is -2.42. The maximum absolute atomic E-state index is 11.4. The predicted octanol–water partition coefficient (Wildman–Crippen LogP) is 0.226. The third-order valence-electron chi connectivity index (χ3n) is 2.12. The molecule has 0 aromatic rings. The number of hydrogen-bond acceptors (Lipinski definition) is 3. The van der Waals surface area contributed by atoms with Gasteiger partial charge < -0.3 is 5.11 Å². The van der Waals surface area contributed by atoms with Crippen LogP contribution in [0.3, 0.4) is 0 Å². The van der Waals surface area contributed by atoms with E-state index in [1.54, 1.807) is 11.9 Å². The van der Waals surface area contributed by atoms with Crippen molar-refractivity contribution in [3.05, 3.63) is 0 Å². The molecule has 76 valence electrons. The van der Waals surface area contributed by atoms with Crippen molar-refractivity contribution < 1.29 is 9.90 Å². The fourth-order valence-electron chi connectivity index (χ4n) is 1.60. The molecule has 1 heterocycles. The maximum atomic E-state index is 11.4. The van der Waals surface area contributed by atoms with Gasteiger partial charge in [-0.15, -0.1) is 0 Å². The minimum Gasteiger partial charge on any atom is -0.392 e. The van der Waals surface area contributed by atoms with Gasteiger partial charge in [0, 0.05) is 26.1 Å². The van der Waals surface area contributed by atoms with Gasteiger partial charge in [-0.2, -0.15) is 0 Å². The summed E-state index contributed by atoms with van der Waals surface area (Å²) >= 11 is 0. The van der Waals surface area contributed by atoms with Crippen LogP contribution in [0.15, 0.2) is 0 Å². The van der Waals surface area contributed by atoms with E-state index in [0.29, 0.717) is 13.0 Å². The number of nitrogens with zero attached hydrogens (tertiary/aromatic N) is 2. The van der Waals surface area contributed by atoms with E-state index < -0.39 is 0 Å². The normalized spacial score (nSPS) is 21.2. The first-order valence-corrected chi connectivity index (χ1v) is 4.88. The monoisotopic (exact) mass is 186 g/mol. The Morgan fingerprint density at radius 1 is 1.62 bits per heavy atom. The number of aliphatic hydroxyl groups excluding tert-OH is 1. The summed E-state index contributed by atoms with van der Waals surface area (Å²) in [5.41, 5.74) is 0. The van der Waals surface area contributed by atoms with E-state index in [2.05, 4.69) is 0 Å². The Kier molecular flexibility index (Phi) is 3.69. The predicted molar refractivity (Wildman–Crippen MR) is 49.9 cm³/mol. The first kappa shape index (κ1) is 10.5. The summed E-state index contributed by atoms with van der Waals surface area (Å²) in [4.78, 5) is 11.4. The second kappa shape index (κ2) is 4.58. The van der Waals surface area contributed by atoms with Crippen molar-refractivity contribution in [3.63, 3.8) is 0 Å². The molecule has 1 unspecified atom stereocenters. The molecule has 1 N–H and O–H groups in total. The van der Waals surface area contributed by atoms with Gasteiger partial charge in [-0.25, -0.2) is 5.01 Å². The zero-order valence-corrected chi connectivity index (χ0v) is 8.36. The van der Waals surface area contributed by atoms with Gasteiger partial charge in [0.05, 0.1) is 6.10 Å². The Morgan fingerprint density at radius 2 is 2.31 bits per heavy atom. The first-order chi connectivity index (χ1) is 6.15. The Labute approximate surface area is 79.1 Å². The van der Waals surface area contributed by atoms with Gasteiger partial charge in [0.25, 0.3) is 0 Å². The van der Waals surface area contributed by atoms with Crippen molar-refractivity contribution >= 4 is 5.91 Å². The van der Waals surface area contributed by atoms with Crippen LogP contribution in [0.5, 0.6) is 0 Å². The minimum absolute atomic E-state index is 0.183. The number of hydrogen-bond donors (Lipinski definition) is 1. The molecule has 4 heteroatoms. The van der Waals surface area contributed by atoms with Crippen LogP contribution in [0.4, 0.5) is 0 Å². The summed E-state index contributed by atoms with van der Waals surface area (Å²) in [5, 5.41) is 12.9. The molecule has 1 saturated heterocycles. The largest absolute Gasteiger partial charge is 0.392 e. The molecule has 0 aliphatic carbocycles. The quantitative estimate of drug-likeness (QED) is 0.683. The van der Waals surface area contributed by atoms with E-state index >= 15 is 0 Å². The summed E-state index contributed by atoms with van der Waals surface area (Å²) in [5.74, 6) is 0.183. The molecule has 0 aromatic carbocycles. The number of β-amino-alcohol motifs (C(OH)–C–C–N with tert-alkyl or cyclic N) is 1. The SMILES string of the molecule is CCCN1C(=O)CCN1CC(C)O. The molecular formula is C9H18N2O2. The van der Waals surface area contributed by atoms with Crippen LogP contribution in [0, 0.1) is 0 Å². The highest BCUT2D eigenvalue weighted by molar-refractivity contribution is 5.77.